The summed E-state index contributed by atoms with van der Waals surface area (Å²) in [5.41, 5.74) is 4.33. The molecule has 0 saturated carbocycles. The number of hydrogen-bond acceptors (Lipinski definition) is 6. The number of ether oxygens (including phenoxy) is 4. The van der Waals surface area contributed by atoms with E-state index < -0.39 is 5.91 Å². The van der Waals surface area contributed by atoms with Crippen LogP contribution in [0.3, 0.4) is 0 Å². The third kappa shape index (κ3) is 7.29. The Kier molecular flexibility index (Phi) is 10.3. The fraction of sp³-hybridized carbons (Fsp3) is 0.259. The van der Waals surface area contributed by atoms with Crippen molar-refractivity contribution < 1.29 is 23.7 Å². The molecule has 0 aliphatic heterocycles. The lowest BCUT2D eigenvalue weighted by molar-refractivity contribution is 0.0954. The molecule has 0 fully saturated rings. The molecule has 0 aromatic heterocycles. The van der Waals surface area contributed by atoms with E-state index in [1.807, 2.05) is 32.0 Å². The van der Waals surface area contributed by atoms with Crippen molar-refractivity contribution in [3.05, 3.63) is 81.3 Å². The lowest BCUT2D eigenvalue weighted by atomic mass is 10.2. The van der Waals surface area contributed by atoms with Gasteiger partial charge in [0.2, 0.25) is 0 Å². The molecule has 0 bridgehead atoms. The summed E-state index contributed by atoms with van der Waals surface area (Å²) in [4.78, 5) is 12.6. The van der Waals surface area contributed by atoms with Gasteiger partial charge >= 0.3 is 0 Å². The maximum absolute atomic E-state index is 12.6. The Morgan fingerprint density at radius 2 is 1.75 bits per heavy atom. The molecular weight excluding hydrogens is 503 g/mol. The monoisotopic (exact) mass is 530 g/mol. The van der Waals surface area contributed by atoms with Crippen molar-refractivity contribution in [2.45, 2.75) is 26.9 Å². The zero-order chi connectivity index (χ0) is 25.9. The van der Waals surface area contributed by atoms with Crippen LogP contribution in [-0.2, 0) is 6.61 Å². The first kappa shape index (κ1) is 27.2. The van der Waals surface area contributed by atoms with Gasteiger partial charge in [-0.1, -0.05) is 48.3 Å². The van der Waals surface area contributed by atoms with Gasteiger partial charge in [-0.25, -0.2) is 5.43 Å². The normalized spacial score (nSPS) is 10.8. The molecule has 3 aromatic carbocycles. The van der Waals surface area contributed by atoms with E-state index in [2.05, 4.69) is 10.5 Å². The molecule has 0 radical (unpaired) electrons. The second kappa shape index (κ2) is 13.6. The second-order valence-electron chi connectivity index (χ2n) is 7.56. The number of nitrogens with one attached hydrogen (secondary N) is 1. The Bertz CT molecular complexity index is 1220. The molecule has 0 aliphatic rings. The summed E-state index contributed by atoms with van der Waals surface area (Å²) in [5, 5.41) is 5.00. The predicted octanol–water partition coefficient (Wildman–Crippen LogP) is 6.53. The maximum atomic E-state index is 12.6. The molecule has 1 N–H and O–H groups in total. The molecule has 0 unspecified atom stereocenters. The van der Waals surface area contributed by atoms with Gasteiger partial charge in [-0.15, -0.1) is 0 Å². The average molecular weight is 531 g/mol. The first-order chi connectivity index (χ1) is 17.5. The van der Waals surface area contributed by atoms with E-state index in [9.17, 15) is 4.79 Å². The number of methoxy groups -OCH3 is 1. The number of carbonyl (C=O) groups excluding carboxylic acids is 1. The molecule has 9 heteroatoms. The van der Waals surface area contributed by atoms with Crippen molar-refractivity contribution in [2.75, 3.05) is 20.3 Å². The van der Waals surface area contributed by atoms with Crippen LogP contribution in [0.15, 0.2) is 59.7 Å². The van der Waals surface area contributed by atoms with Crippen LogP contribution in [0.4, 0.5) is 0 Å². The topological polar surface area (TPSA) is 78.4 Å². The van der Waals surface area contributed by atoms with E-state index in [1.54, 1.807) is 36.4 Å². The highest BCUT2D eigenvalue weighted by Gasteiger charge is 2.14. The van der Waals surface area contributed by atoms with Crippen LogP contribution in [-0.4, -0.2) is 32.4 Å². The minimum Gasteiger partial charge on any atom is -0.493 e. The number of hydrogen-bond donors (Lipinski definition) is 1. The zero-order valence-corrected chi connectivity index (χ0v) is 21.9. The predicted molar refractivity (Wildman–Crippen MR) is 142 cm³/mol. The molecule has 0 heterocycles. The third-order valence-electron chi connectivity index (χ3n) is 4.93. The highest BCUT2D eigenvalue weighted by atomic mass is 35.5. The van der Waals surface area contributed by atoms with E-state index in [0.717, 1.165) is 12.0 Å². The summed E-state index contributed by atoms with van der Waals surface area (Å²) in [6.07, 6.45) is 2.34. The van der Waals surface area contributed by atoms with Gasteiger partial charge in [0.1, 0.15) is 6.61 Å². The lowest BCUT2D eigenvalue weighted by Gasteiger charge is -2.15. The number of rotatable bonds is 12. The average Bonchev–Trinajstić information content (AvgIpc) is 2.88. The molecule has 36 heavy (non-hydrogen) atoms. The number of amides is 1. The van der Waals surface area contributed by atoms with Crippen molar-refractivity contribution in [3.8, 4) is 23.0 Å². The standard InChI is InChI=1S/C27H28Cl2N2O5/c1-4-12-35-23-11-10-19(15-24(23)33-3)27(32)31-30-16-18-13-22(29)26(25(14-18)34-5-2)36-17-20-8-6-7-9-21(20)28/h6-11,13-16H,4-5,12,17H2,1-3H3,(H,31,32)/b30-16+. The van der Waals surface area contributed by atoms with Gasteiger partial charge in [0, 0.05) is 16.1 Å². The molecule has 0 saturated heterocycles. The quantitative estimate of drug-likeness (QED) is 0.212. The SMILES string of the molecule is CCCOc1ccc(C(=O)N/N=C/c2cc(Cl)c(OCc3ccccc3Cl)c(OCC)c2)cc1OC. The van der Waals surface area contributed by atoms with Gasteiger partial charge in [0.05, 0.1) is 31.6 Å². The van der Waals surface area contributed by atoms with Gasteiger partial charge in [-0.3, -0.25) is 4.79 Å². The molecule has 3 aromatic rings. The van der Waals surface area contributed by atoms with E-state index in [1.165, 1.54) is 13.3 Å². The molecule has 7 nitrogen and oxygen atoms in total. The third-order valence-corrected chi connectivity index (χ3v) is 5.58. The Morgan fingerprint density at radius 3 is 2.47 bits per heavy atom. The highest BCUT2D eigenvalue weighted by molar-refractivity contribution is 6.32. The summed E-state index contributed by atoms with van der Waals surface area (Å²) in [7, 11) is 1.52. The van der Waals surface area contributed by atoms with Crippen molar-refractivity contribution >= 4 is 35.3 Å². The van der Waals surface area contributed by atoms with E-state index in [0.29, 0.717) is 57.4 Å². The Morgan fingerprint density at radius 1 is 0.944 bits per heavy atom. The molecular formula is C27H28Cl2N2O5. The molecule has 3 rings (SSSR count). The van der Waals surface area contributed by atoms with Gasteiger partial charge in [-0.05, 0) is 55.3 Å². The van der Waals surface area contributed by atoms with Crippen LogP contribution in [0.5, 0.6) is 23.0 Å². The van der Waals surface area contributed by atoms with Crippen molar-refractivity contribution in [3.63, 3.8) is 0 Å². The van der Waals surface area contributed by atoms with Crippen molar-refractivity contribution in [1.82, 2.24) is 5.43 Å². The Balaban J connectivity index is 1.71. The first-order valence-corrected chi connectivity index (χ1v) is 12.2. The van der Waals surface area contributed by atoms with Crippen LogP contribution < -0.4 is 24.4 Å². The molecule has 190 valence electrons. The summed E-state index contributed by atoms with van der Waals surface area (Å²) >= 11 is 12.7. The van der Waals surface area contributed by atoms with Crippen LogP contribution in [0, 0.1) is 0 Å². The number of carbonyl (C=O) groups is 1. The second-order valence-corrected chi connectivity index (χ2v) is 8.37. The minimum atomic E-state index is -0.401. The first-order valence-electron chi connectivity index (χ1n) is 11.4. The summed E-state index contributed by atoms with van der Waals surface area (Å²) in [6.45, 7) is 5.07. The van der Waals surface area contributed by atoms with E-state index in [4.69, 9.17) is 42.1 Å². The maximum Gasteiger partial charge on any atom is 0.271 e. The minimum absolute atomic E-state index is 0.231. The Labute approximate surface area is 220 Å². The van der Waals surface area contributed by atoms with E-state index >= 15 is 0 Å². The smallest absolute Gasteiger partial charge is 0.271 e. The molecule has 0 aliphatic carbocycles. The Hall–Kier alpha value is -3.42. The number of hydrazone groups is 1. The molecule has 0 spiro atoms. The van der Waals surface area contributed by atoms with Crippen LogP contribution >= 0.6 is 23.2 Å². The summed E-state index contributed by atoms with van der Waals surface area (Å²) < 4.78 is 22.6. The summed E-state index contributed by atoms with van der Waals surface area (Å²) in [5.74, 6) is 1.51. The largest absolute Gasteiger partial charge is 0.493 e. The fourth-order valence-corrected chi connectivity index (χ4v) is 3.66. The zero-order valence-electron chi connectivity index (χ0n) is 20.3. The van der Waals surface area contributed by atoms with Gasteiger partial charge in [0.15, 0.2) is 23.0 Å². The van der Waals surface area contributed by atoms with Crippen LogP contribution in [0.1, 0.15) is 41.8 Å². The van der Waals surface area contributed by atoms with Gasteiger partial charge in [-0.2, -0.15) is 5.10 Å². The lowest BCUT2D eigenvalue weighted by Crippen LogP contribution is -2.17. The van der Waals surface area contributed by atoms with Crippen LogP contribution in [0.2, 0.25) is 10.0 Å². The molecule has 1 amide bonds. The number of nitrogens with zero attached hydrogens (tertiary/aromatic N) is 1. The van der Waals surface area contributed by atoms with Crippen molar-refractivity contribution in [2.24, 2.45) is 5.10 Å². The van der Waals surface area contributed by atoms with E-state index in [-0.39, 0.29) is 6.61 Å². The number of benzene rings is 3. The molecule has 0 atom stereocenters. The highest BCUT2D eigenvalue weighted by Crippen LogP contribution is 2.37. The van der Waals surface area contributed by atoms with Crippen molar-refractivity contribution in [1.29, 1.82) is 0 Å². The fourth-order valence-electron chi connectivity index (χ4n) is 3.20. The summed E-state index contributed by atoms with van der Waals surface area (Å²) in [6, 6.07) is 15.8. The number of halogens is 2. The van der Waals surface area contributed by atoms with Crippen LogP contribution in [0.25, 0.3) is 0 Å². The van der Waals surface area contributed by atoms with Gasteiger partial charge in [0.25, 0.3) is 5.91 Å². The van der Waals surface area contributed by atoms with Gasteiger partial charge < -0.3 is 18.9 Å².